The maximum Gasteiger partial charge on any atom is 0.251 e. The molecule has 20 heavy (non-hydrogen) atoms. The number of hydrogen-bond acceptors (Lipinski definition) is 2. The second-order valence-electron chi connectivity index (χ2n) is 5.26. The molecule has 0 spiro atoms. The summed E-state index contributed by atoms with van der Waals surface area (Å²) in [4.78, 5) is 12.0. The molecule has 1 amide bonds. The van der Waals surface area contributed by atoms with Gasteiger partial charge in [-0.1, -0.05) is 39.7 Å². The lowest BCUT2D eigenvalue weighted by Gasteiger charge is -2.19. The van der Waals surface area contributed by atoms with Crippen LogP contribution in [0.3, 0.4) is 0 Å². The van der Waals surface area contributed by atoms with Gasteiger partial charge >= 0.3 is 0 Å². The van der Waals surface area contributed by atoms with Crippen molar-refractivity contribution in [1.29, 1.82) is 0 Å². The molecule has 3 nitrogen and oxygen atoms in total. The summed E-state index contributed by atoms with van der Waals surface area (Å²) in [6.45, 7) is 7.20. The topological polar surface area (TPSA) is 41.1 Å². The quantitative estimate of drug-likeness (QED) is 0.709. The fraction of sp³-hybridized carbons (Fsp3) is 0.588. The van der Waals surface area contributed by atoms with E-state index in [1.807, 2.05) is 24.3 Å². The fourth-order valence-electron chi connectivity index (χ4n) is 2.31. The summed E-state index contributed by atoms with van der Waals surface area (Å²) in [5.41, 5.74) is 1.77. The summed E-state index contributed by atoms with van der Waals surface area (Å²) in [6, 6.07) is 8.29. The van der Waals surface area contributed by atoms with E-state index in [1.165, 1.54) is 25.7 Å². The van der Waals surface area contributed by atoms with E-state index in [0.29, 0.717) is 6.04 Å². The molecule has 0 heterocycles. The number of carbonyl (C=O) groups is 1. The molecule has 2 N–H and O–H groups in total. The van der Waals surface area contributed by atoms with Gasteiger partial charge in [-0.3, -0.25) is 4.79 Å². The molecule has 0 aliphatic heterocycles. The molecule has 1 rings (SSSR count). The van der Waals surface area contributed by atoms with E-state index in [9.17, 15) is 4.79 Å². The summed E-state index contributed by atoms with van der Waals surface area (Å²) in [7, 11) is 0. The molecule has 0 radical (unpaired) electrons. The molecule has 1 aromatic rings. The molecule has 112 valence electrons. The SMILES string of the molecule is CCCNC(=O)c1cccc(NC(CCC)CCC)c1. The summed E-state index contributed by atoms with van der Waals surface area (Å²) < 4.78 is 0. The highest BCUT2D eigenvalue weighted by atomic mass is 16.1. The minimum absolute atomic E-state index is 0.0121. The summed E-state index contributed by atoms with van der Waals surface area (Å²) in [6.07, 6.45) is 5.64. The van der Waals surface area contributed by atoms with Crippen LogP contribution in [0.4, 0.5) is 5.69 Å². The molecule has 0 bridgehead atoms. The maximum absolute atomic E-state index is 12.0. The molecule has 0 atom stereocenters. The maximum atomic E-state index is 12.0. The van der Waals surface area contributed by atoms with Gasteiger partial charge in [0.2, 0.25) is 0 Å². The van der Waals surface area contributed by atoms with Crippen LogP contribution in [0.25, 0.3) is 0 Å². The summed E-state index contributed by atoms with van der Waals surface area (Å²) in [5, 5.41) is 6.46. The van der Waals surface area contributed by atoms with Crippen LogP contribution in [0.5, 0.6) is 0 Å². The number of anilines is 1. The summed E-state index contributed by atoms with van der Waals surface area (Å²) in [5.74, 6) is 0.0121. The Balaban J connectivity index is 2.68. The number of benzene rings is 1. The van der Waals surface area contributed by atoms with E-state index < -0.39 is 0 Å². The van der Waals surface area contributed by atoms with Crippen LogP contribution < -0.4 is 10.6 Å². The van der Waals surface area contributed by atoms with E-state index in [2.05, 4.69) is 31.4 Å². The number of rotatable bonds is 9. The molecular formula is C17H28N2O. The lowest BCUT2D eigenvalue weighted by molar-refractivity contribution is 0.0953. The largest absolute Gasteiger partial charge is 0.382 e. The van der Waals surface area contributed by atoms with Crippen molar-refractivity contribution in [2.45, 2.75) is 58.9 Å². The first-order valence-electron chi connectivity index (χ1n) is 7.86. The van der Waals surface area contributed by atoms with Crippen LogP contribution in [0.1, 0.15) is 63.2 Å². The fourth-order valence-corrected chi connectivity index (χ4v) is 2.31. The molecule has 0 saturated carbocycles. The lowest BCUT2D eigenvalue weighted by atomic mass is 10.1. The molecule has 0 saturated heterocycles. The van der Waals surface area contributed by atoms with E-state index in [0.717, 1.165) is 24.2 Å². The molecule has 0 aliphatic carbocycles. The van der Waals surface area contributed by atoms with Crippen LogP contribution in [0, 0.1) is 0 Å². The van der Waals surface area contributed by atoms with Gasteiger partial charge in [-0.15, -0.1) is 0 Å². The number of hydrogen-bond donors (Lipinski definition) is 2. The van der Waals surface area contributed by atoms with Crippen molar-refractivity contribution in [3.05, 3.63) is 29.8 Å². The van der Waals surface area contributed by atoms with Gasteiger partial charge in [0.15, 0.2) is 0 Å². The van der Waals surface area contributed by atoms with Crippen molar-refractivity contribution < 1.29 is 4.79 Å². The first kappa shape index (κ1) is 16.5. The van der Waals surface area contributed by atoms with E-state index >= 15 is 0 Å². The van der Waals surface area contributed by atoms with Gasteiger partial charge in [0.05, 0.1) is 0 Å². The molecule has 0 aromatic heterocycles. The standard InChI is InChI=1S/C17H28N2O/c1-4-8-15(9-5-2)19-16-11-7-10-14(13-16)17(20)18-12-6-3/h7,10-11,13,15,19H,4-6,8-9,12H2,1-3H3,(H,18,20). The third-order valence-electron chi connectivity index (χ3n) is 3.31. The third-order valence-corrected chi connectivity index (χ3v) is 3.31. The van der Waals surface area contributed by atoms with Gasteiger partial charge < -0.3 is 10.6 Å². The Hall–Kier alpha value is -1.51. The molecule has 1 aromatic carbocycles. The van der Waals surface area contributed by atoms with E-state index in [-0.39, 0.29) is 5.91 Å². The Bertz CT molecular complexity index is 398. The zero-order valence-electron chi connectivity index (χ0n) is 13.0. The predicted octanol–water partition coefficient (Wildman–Crippen LogP) is 4.21. The van der Waals surface area contributed by atoms with Crippen LogP contribution in [-0.4, -0.2) is 18.5 Å². The van der Waals surface area contributed by atoms with Crippen LogP contribution in [-0.2, 0) is 0 Å². The zero-order chi connectivity index (χ0) is 14.8. The van der Waals surface area contributed by atoms with Gasteiger partial charge in [-0.05, 0) is 37.5 Å². The average Bonchev–Trinajstić information content (AvgIpc) is 2.45. The highest BCUT2D eigenvalue weighted by Gasteiger charge is 2.09. The minimum atomic E-state index is 0.0121. The Labute approximate surface area is 123 Å². The van der Waals surface area contributed by atoms with Gasteiger partial charge in [0.1, 0.15) is 0 Å². The van der Waals surface area contributed by atoms with Crippen molar-refractivity contribution in [2.24, 2.45) is 0 Å². The lowest BCUT2D eigenvalue weighted by Crippen LogP contribution is -2.24. The van der Waals surface area contributed by atoms with Gasteiger partial charge in [0, 0.05) is 23.8 Å². The Kier molecular flexibility index (Phi) is 7.78. The molecule has 0 fully saturated rings. The second kappa shape index (κ2) is 9.40. The predicted molar refractivity (Wildman–Crippen MR) is 86.3 cm³/mol. The molecule has 0 aliphatic rings. The Morgan fingerprint density at radius 3 is 2.40 bits per heavy atom. The van der Waals surface area contributed by atoms with Crippen molar-refractivity contribution in [3.63, 3.8) is 0 Å². The number of carbonyl (C=O) groups excluding carboxylic acids is 1. The first-order chi connectivity index (χ1) is 9.71. The van der Waals surface area contributed by atoms with Gasteiger partial charge in [-0.25, -0.2) is 0 Å². The molecule has 0 unspecified atom stereocenters. The minimum Gasteiger partial charge on any atom is -0.382 e. The highest BCUT2D eigenvalue weighted by Crippen LogP contribution is 2.16. The van der Waals surface area contributed by atoms with Gasteiger partial charge in [0.25, 0.3) is 5.91 Å². The monoisotopic (exact) mass is 276 g/mol. The summed E-state index contributed by atoms with van der Waals surface area (Å²) >= 11 is 0. The molecular weight excluding hydrogens is 248 g/mol. The van der Waals surface area contributed by atoms with Crippen LogP contribution in [0.15, 0.2) is 24.3 Å². The normalized spacial score (nSPS) is 10.6. The Morgan fingerprint density at radius 2 is 1.80 bits per heavy atom. The third kappa shape index (κ3) is 5.64. The van der Waals surface area contributed by atoms with Crippen LogP contribution in [0.2, 0.25) is 0 Å². The average molecular weight is 276 g/mol. The van der Waals surface area contributed by atoms with E-state index in [4.69, 9.17) is 0 Å². The van der Waals surface area contributed by atoms with Gasteiger partial charge in [-0.2, -0.15) is 0 Å². The van der Waals surface area contributed by atoms with Crippen molar-refractivity contribution in [3.8, 4) is 0 Å². The number of nitrogens with one attached hydrogen (secondary N) is 2. The van der Waals surface area contributed by atoms with Crippen molar-refractivity contribution in [1.82, 2.24) is 5.32 Å². The second-order valence-corrected chi connectivity index (χ2v) is 5.26. The van der Waals surface area contributed by atoms with Crippen molar-refractivity contribution in [2.75, 3.05) is 11.9 Å². The van der Waals surface area contributed by atoms with E-state index in [1.54, 1.807) is 0 Å². The molecule has 3 heteroatoms. The highest BCUT2D eigenvalue weighted by molar-refractivity contribution is 5.95. The Morgan fingerprint density at radius 1 is 1.10 bits per heavy atom. The van der Waals surface area contributed by atoms with Crippen LogP contribution >= 0.6 is 0 Å². The zero-order valence-corrected chi connectivity index (χ0v) is 13.0. The smallest absolute Gasteiger partial charge is 0.251 e. The van der Waals surface area contributed by atoms with Crippen molar-refractivity contribution >= 4 is 11.6 Å². The first-order valence-corrected chi connectivity index (χ1v) is 7.86. The number of amides is 1.